The van der Waals surface area contributed by atoms with Crippen LogP contribution in [0.4, 0.5) is 5.95 Å². The molecule has 0 bridgehead atoms. The molecule has 0 aliphatic carbocycles. The summed E-state index contributed by atoms with van der Waals surface area (Å²) >= 11 is 1.09. The van der Waals surface area contributed by atoms with Crippen LogP contribution in [0.25, 0.3) is 0 Å². The normalized spacial score (nSPS) is 10.4. The topological polar surface area (TPSA) is 113 Å². The summed E-state index contributed by atoms with van der Waals surface area (Å²) < 4.78 is 10.0. The number of hydrogen-bond donors (Lipinski definition) is 1. The van der Waals surface area contributed by atoms with E-state index in [9.17, 15) is 0 Å². The number of aryl methyl sites for hydroxylation is 1. The first-order chi connectivity index (χ1) is 7.67. The predicted octanol–water partition coefficient (Wildman–Crippen LogP) is 0.305. The van der Waals surface area contributed by atoms with E-state index in [1.807, 2.05) is 0 Å². The molecule has 0 spiro atoms. The van der Waals surface area contributed by atoms with Gasteiger partial charge in [-0.2, -0.15) is 15.0 Å². The second-order valence-corrected chi connectivity index (χ2v) is 3.57. The molecule has 0 unspecified atom stereocenters. The van der Waals surface area contributed by atoms with Crippen LogP contribution in [-0.4, -0.2) is 32.3 Å². The third kappa shape index (κ3) is 2.37. The summed E-state index contributed by atoms with van der Waals surface area (Å²) in [5, 5.41) is 8.15. The van der Waals surface area contributed by atoms with Crippen molar-refractivity contribution in [3.05, 3.63) is 5.89 Å². The van der Waals surface area contributed by atoms with Gasteiger partial charge in [0.2, 0.25) is 17.0 Å². The van der Waals surface area contributed by atoms with Gasteiger partial charge in [-0.05, 0) is 0 Å². The summed E-state index contributed by atoms with van der Waals surface area (Å²) in [6, 6.07) is 0.145. The van der Waals surface area contributed by atoms with E-state index in [4.69, 9.17) is 14.9 Å². The van der Waals surface area contributed by atoms with E-state index in [1.165, 1.54) is 7.11 Å². The molecule has 0 amide bonds. The number of anilines is 1. The fraction of sp³-hybridized carbons (Fsp3) is 0.286. The zero-order valence-corrected chi connectivity index (χ0v) is 9.35. The Labute approximate surface area is 94.7 Å². The smallest absolute Gasteiger partial charge is 0.321 e. The highest BCUT2D eigenvalue weighted by Crippen LogP contribution is 2.24. The Hall–Kier alpha value is -1.90. The van der Waals surface area contributed by atoms with Gasteiger partial charge in [0.1, 0.15) is 0 Å². The van der Waals surface area contributed by atoms with E-state index in [0.717, 1.165) is 11.8 Å². The molecular formula is C7H8N6O2S. The van der Waals surface area contributed by atoms with Crippen LogP contribution in [0.2, 0.25) is 0 Å². The number of methoxy groups -OCH3 is 1. The Bertz CT molecular complexity index is 501. The Balaban J connectivity index is 2.24. The minimum absolute atomic E-state index is 0.0746. The summed E-state index contributed by atoms with van der Waals surface area (Å²) in [5.74, 6) is 0.544. The molecule has 2 aromatic rings. The number of aromatic nitrogens is 5. The van der Waals surface area contributed by atoms with Crippen LogP contribution < -0.4 is 10.5 Å². The van der Waals surface area contributed by atoms with Crippen LogP contribution >= 0.6 is 11.8 Å². The van der Waals surface area contributed by atoms with Gasteiger partial charge in [-0.25, -0.2) is 0 Å². The first-order valence-corrected chi connectivity index (χ1v) is 5.02. The van der Waals surface area contributed by atoms with E-state index in [-0.39, 0.29) is 12.0 Å². The highest BCUT2D eigenvalue weighted by molar-refractivity contribution is 7.98. The van der Waals surface area contributed by atoms with Crippen molar-refractivity contribution in [2.24, 2.45) is 0 Å². The maximum atomic E-state index is 5.47. The highest BCUT2D eigenvalue weighted by Gasteiger charge is 2.10. The highest BCUT2D eigenvalue weighted by atomic mass is 32.2. The summed E-state index contributed by atoms with van der Waals surface area (Å²) in [7, 11) is 1.44. The van der Waals surface area contributed by atoms with Crippen molar-refractivity contribution >= 4 is 17.7 Å². The molecule has 2 aromatic heterocycles. The van der Waals surface area contributed by atoms with Crippen molar-refractivity contribution in [3.8, 4) is 6.01 Å². The minimum Gasteiger partial charge on any atom is -0.467 e. The van der Waals surface area contributed by atoms with E-state index < -0.39 is 0 Å². The maximum Gasteiger partial charge on any atom is 0.321 e. The van der Waals surface area contributed by atoms with Crippen LogP contribution in [0.15, 0.2) is 14.8 Å². The average Bonchev–Trinajstić information content (AvgIpc) is 2.63. The number of ether oxygens (including phenoxy) is 1. The van der Waals surface area contributed by atoms with Gasteiger partial charge in [0.25, 0.3) is 5.22 Å². The van der Waals surface area contributed by atoms with Gasteiger partial charge in [-0.15, -0.1) is 10.2 Å². The fourth-order valence-corrected chi connectivity index (χ4v) is 1.55. The molecule has 9 heteroatoms. The standard InChI is InChI=1S/C7H8N6O2S/c1-3-12-13-7(15-3)16-6-10-4(8)9-5(11-6)14-2/h1-2H3,(H2,8,9,10,11). The fourth-order valence-electron chi connectivity index (χ4n) is 0.887. The Kier molecular flexibility index (Phi) is 2.86. The summed E-state index contributed by atoms with van der Waals surface area (Å²) in [6.07, 6.45) is 0. The summed E-state index contributed by atoms with van der Waals surface area (Å²) in [4.78, 5) is 11.6. The summed E-state index contributed by atoms with van der Waals surface area (Å²) in [6.45, 7) is 1.69. The van der Waals surface area contributed by atoms with Gasteiger partial charge in [0.15, 0.2) is 0 Å². The lowest BCUT2D eigenvalue weighted by Gasteiger charge is -2.00. The second-order valence-electron chi connectivity index (χ2n) is 2.65. The van der Waals surface area contributed by atoms with Crippen molar-refractivity contribution in [2.45, 2.75) is 17.3 Å². The van der Waals surface area contributed by atoms with Crippen molar-refractivity contribution in [1.82, 2.24) is 25.1 Å². The molecule has 8 nitrogen and oxygen atoms in total. The molecule has 0 aliphatic heterocycles. The van der Waals surface area contributed by atoms with Crippen molar-refractivity contribution in [2.75, 3.05) is 12.8 Å². The molecular weight excluding hydrogens is 232 g/mol. The third-order valence-electron chi connectivity index (χ3n) is 1.48. The lowest BCUT2D eigenvalue weighted by atomic mass is 10.8. The second kappa shape index (κ2) is 4.31. The maximum absolute atomic E-state index is 5.47. The van der Waals surface area contributed by atoms with E-state index in [2.05, 4.69) is 25.1 Å². The van der Waals surface area contributed by atoms with Crippen molar-refractivity contribution in [1.29, 1.82) is 0 Å². The Morgan fingerprint density at radius 1 is 1.25 bits per heavy atom. The molecule has 2 N–H and O–H groups in total. The number of hydrogen-bond acceptors (Lipinski definition) is 9. The number of nitrogens with two attached hydrogens (primary N) is 1. The third-order valence-corrected chi connectivity index (χ3v) is 2.19. The molecule has 0 radical (unpaired) electrons. The van der Waals surface area contributed by atoms with Gasteiger partial charge in [0, 0.05) is 18.7 Å². The SMILES string of the molecule is COc1nc(N)nc(Sc2nnc(C)o2)n1. The zero-order chi connectivity index (χ0) is 11.5. The van der Waals surface area contributed by atoms with E-state index >= 15 is 0 Å². The zero-order valence-electron chi connectivity index (χ0n) is 8.54. The lowest BCUT2D eigenvalue weighted by molar-refractivity contribution is 0.373. The largest absolute Gasteiger partial charge is 0.467 e. The first-order valence-electron chi connectivity index (χ1n) is 4.21. The molecule has 0 saturated heterocycles. The van der Waals surface area contributed by atoms with Gasteiger partial charge in [-0.3, -0.25) is 0 Å². The minimum atomic E-state index is 0.0746. The monoisotopic (exact) mass is 240 g/mol. The summed E-state index contributed by atoms with van der Waals surface area (Å²) in [5.41, 5.74) is 5.47. The van der Waals surface area contributed by atoms with Crippen LogP contribution in [0.1, 0.15) is 5.89 Å². The Morgan fingerprint density at radius 3 is 2.69 bits per heavy atom. The molecule has 16 heavy (non-hydrogen) atoms. The van der Waals surface area contributed by atoms with Gasteiger partial charge < -0.3 is 14.9 Å². The van der Waals surface area contributed by atoms with Gasteiger partial charge in [0.05, 0.1) is 7.11 Å². The molecule has 0 atom stereocenters. The first kappa shape index (κ1) is 10.6. The van der Waals surface area contributed by atoms with Crippen molar-refractivity contribution < 1.29 is 9.15 Å². The lowest BCUT2D eigenvalue weighted by Crippen LogP contribution is -2.01. The van der Waals surface area contributed by atoms with E-state index in [0.29, 0.717) is 16.3 Å². The predicted molar refractivity (Wildman–Crippen MR) is 53.9 cm³/mol. The number of rotatable bonds is 3. The van der Waals surface area contributed by atoms with Crippen LogP contribution in [0.3, 0.4) is 0 Å². The van der Waals surface area contributed by atoms with Crippen molar-refractivity contribution in [3.63, 3.8) is 0 Å². The Morgan fingerprint density at radius 2 is 2.06 bits per heavy atom. The molecule has 0 fully saturated rings. The number of nitrogens with zero attached hydrogens (tertiary/aromatic N) is 5. The van der Waals surface area contributed by atoms with Crippen LogP contribution in [-0.2, 0) is 0 Å². The van der Waals surface area contributed by atoms with Crippen LogP contribution in [0, 0.1) is 6.92 Å². The van der Waals surface area contributed by atoms with Crippen LogP contribution in [0.5, 0.6) is 6.01 Å². The molecule has 2 heterocycles. The molecule has 84 valence electrons. The molecule has 0 aromatic carbocycles. The van der Waals surface area contributed by atoms with Gasteiger partial charge >= 0.3 is 6.01 Å². The molecule has 0 saturated carbocycles. The van der Waals surface area contributed by atoms with Gasteiger partial charge in [-0.1, -0.05) is 0 Å². The molecule has 2 rings (SSSR count). The average molecular weight is 240 g/mol. The van der Waals surface area contributed by atoms with E-state index in [1.54, 1.807) is 6.92 Å². The number of nitrogen functional groups attached to an aromatic ring is 1. The quantitative estimate of drug-likeness (QED) is 0.809. The molecule has 0 aliphatic rings.